The molecule has 0 aliphatic carbocycles. The van der Waals surface area contributed by atoms with E-state index in [1.165, 1.54) is 0 Å². The van der Waals surface area contributed by atoms with Gasteiger partial charge in [0.2, 0.25) is 0 Å². The molecule has 2 heterocycles. The lowest BCUT2D eigenvalue weighted by Crippen LogP contribution is -2.60. The predicted octanol–water partition coefficient (Wildman–Crippen LogP) is -0.0220. The van der Waals surface area contributed by atoms with Gasteiger partial charge < -0.3 is 29.9 Å². The summed E-state index contributed by atoms with van der Waals surface area (Å²) in [6.07, 6.45) is -4.78. The molecule has 0 spiro atoms. The highest BCUT2D eigenvalue weighted by Gasteiger charge is 2.45. The maximum Gasteiger partial charge on any atom is 0.195 e. The molecular weight excluding hydrogens is 358 g/mol. The van der Waals surface area contributed by atoms with Gasteiger partial charge in [-0.2, -0.15) is 0 Å². The first-order valence-electron chi connectivity index (χ1n) is 6.76. The molecule has 0 bridgehead atoms. The smallest absolute Gasteiger partial charge is 0.195 e. The van der Waals surface area contributed by atoms with Gasteiger partial charge in [-0.15, -0.1) is 0 Å². The second-order valence-corrected chi connectivity index (χ2v) is 5.90. The largest absolute Gasteiger partial charge is 0.480 e. The van der Waals surface area contributed by atoms with Crippen LogP contribution >= 0.6 is 16.1 Å². The number of aliphatic hydroxyl groups is 4. The molecule has 1 aliphatic rings. The Morgan fingerprint density at radius 2 is 1.91 bits per heavy atom. The van der Waals surface area contributed by atoms with Gasteiger partial charge in [0, 0.05) is 5.39 Å². The minimum absolute atomic E-state index is 0.425. The van der Waals surface area contributed by atoms with Crippen LogP contribution in [0.25, 0.3) is 10.9 Å². The van der Waals surface area contributed by atoms with E-state index >= 15 is 0 Å². The number of hydrogen-bond acceptors (Lipinski definition) is 6. The van der Waals surface area contributed by atoms with Gasteiger partial charge in [-0.05, 0) is 12.1 Å². The van der Waals surface area contributed by atoms with Crippen LogP contribution in [0.2, 0.25) is 0 Å². The fraction of sp³-hybridized carbons (Fsp3) is 0.429. The normalized spacial score (nSPS) is 32.3. The second kappa shape index (κ2) is 6.15. The van der Waals surface area contributed by atoms with Crippen LogP contribution in [-0.2, 0) is 4.74 Å². The molecule has 4 N–H and O–H groups in total. The van der Waals surface area contributed by atoms with Crippen molar-refractivity contribution in [2.75, 3.05) is 6.61 Å². The van der Waals surface area contributed by atoms with Crippen LogP contribution in [0.3, 0.4) is 0 Å². The molecule has 1 aromatic heterocycles. The van der Waals surface area contributed by atoms with Crippen molar-refractivity contribution in [1.82, 2.24) is 3.59 Å². The monoisotopic (exact) mass is 373 g/mol. The van der Waals surface area contributed by atoms with Gasteiger partial charge in [0.1, 0.15) is 24.1 Å². The molecule has 22 heavy (non-hydrogen) atoms. The molecule has 3 rings (SSSR count). The van der Waals surface area contributed by atoms with Gasteiger partial charge in [-0.25, -0.2) is 0 Å². The van der Waals surface area contributed by atoms with Crippen LogP contribution in [-0.4, -0.2) is 61.3 Å². The summed E-state index contributed by atoms with van der Waals surface area (Å²) < 4.78 is 12.4. The summed E-state index contributed by atoms with van der Waals surface area (Å²) >= 11 is 3.34. The van der Waals surface area contributed by atoms with Crippen molar-refractivity contribution in [3.05, 3.63) is 30.5 Å². The molecule has 7 nitrogen and oxygen atoms in total. The van der Waals surface area contributed by atoms with Crippen molar-refractivity contribution in [1.29, 1.82) is 0 Å². The van der Waals surface area contributed by atoms with Crippen molar-refractivity contribution in [3.63, 3.8) is 0 Å². The summed E-state index contributed by atoms with van der Waals surface area (Å²) in [5.41, 5.74) is 0.854. The van der Waals surface area contributed by atoms with E-state index in [4.69, 9.17) is 14.6 Å². The lowest BCUT2D eigenvalue weighted by Gasteiger charge is -2.39. The van der Waals surface area contributed by atoms with Gasteiger partial charge in [-0.3, -0.25) is 3.59 Å². The van der Waals surface area contributed by atoms with Crippen LogP contribution in [0.15, 0.2) is 30.5 Å². The molecule has 2 aromatic rings. The lowest BCUT2D eigenvalue weighted by molar-refractivity contribution is -0.280. The maximum absolute atomic E-state index is 10.1. The highest BCUT2D eigenvalue weighted by molar-refractivity contribution is 9.08. The molecule has 1 aromatic carbocycles. The number of halogens is 1. The van der Waals surface area contributed by atoms with E-state index in [1.54, 1.807) is 9.79 Å². The van der Waals surface area contributed by atoms with Crippen LogP contribution < -0.4 is 4.74 Å². The molecule has 1 saturated heterocycles. The molecule has 1 fully saturated rings. The highest BCUT2D eigenvalue weighted by Crippen LogP contribution is 2.32. The van der Waals surface area contributed by atoms with Crippen molar-refractivity contribution in [2.45, 2.75) is 30.7 Å². The molecule has 0 saturated carbocycles. The molecule has 5 atom stereocenters. The lowest BCUT2D eigenvalue weighted by atomic mass is 9.99. The number of rotatable bonds is 3. The van der Waals surface area contributed by atoms with Crippen molar-refractivity contribution in [3.8, 4) is 5.75 Å². The Labute approximate surface area is 134 Å². The predicted molar refractivity (Wildman–Crippen MR) is 80.7 cm³/mol. The maximum atomic E-state index is 10.1. The minimum atomic E-state index is -1.46. The zero-order valence-electron chi connectivity index (χ0n) is 11.4. The Morgan fingerprint density at radius 1 is 1.18 bits per heavy atom. The van der Waals surface area contributed by atoms with E-state index in [0.717, 1.165) is 10.9 Å². The zero-order valence-corrected chi connectivity index (χ0v) is 13.0. The topological polar surface area (TPSA) is 104 Å². The Kier molecular flexibility index (Phi) is 4.40. The van der Waals surface area contributed by atoms with Crippen LogP contribution in [0.5, 0.6) is 5.75 Å². The molecule has 0 unspecified atom stereocenters. The Morgan fingerprint density at radius 3 is 2.64 bits per heavy atom. The molecule has 8 heteroatoms. The number of ether oxygens (including phenoxy) is 2. The number of para-hydroxylation sites is 1. The number of hydrogen-bond donors (Lipinski definition) is 4. The quantitative estimate of drug-likeness (QED) is 0.602. The Bertz CT molecular complexity index is 662. The highest BCUT2D eigenvalue weighted by atomic mass is 79.9. The van der Waals surface area contributed by atoms with E-state index in [0.29, 0.717) is 5.75 Å². The van der Waals surface area contributed by atoms with E-state index < -0.39 is 37.3 Å². The molecule has 0 radical (unpaired) electrons. The van der Waals surface area contributed by atoms with Crippen LogP contribution in [0.4, 0.5) is 0 Å². The fourth-order valence-electron chi connectivity index (χ4n) is 2.55. The fourth-order valence-corrected chi connectivity index (χ4v) is 3.04. The second-order valence-electron chi connectivity index (χ2n) is 5.13. The van der Waals surface area contributed by atoms with Gasteiger partial charge in [0.25, 0.3) is 0 Å². The average molecular weight is 374 g/mol. The average Bonchev–Trinajstić information content (AvgIpc) is 2.84. The van der Waals surface area contributed by atoms with Crippen molar-refractivity contribution in [2.24, 2.45) is 0 Å². The number of fused-ring (bicyclic) bond motifs is 1. The molecule has 1 aliphatic heterocycles. The van der Waals surface area contributed by atoms with Gasteiger partial charge in [-0.1, -0.05) is 12.1 Å². The third-order valence-electron chi connectivity index (χ3n) is 3.74. The molecular formula is C14H16BrNO6. The van der Waals surface area contributed by atoms with Crippen LogP contribution in [0, 0.1) is 0 Å². The number of nitrogens with zero attached hydrogens (tertiary/aromatic N) is 1. The summed E-state index contributed by atoms with van der Waals surface area (Å²) in [6.45, 7) is -0.511. The summed E-state index contributed by atoms with van der Waals surface area (Å²) in [7, 11) is 0. The first-order valence-corrected chi connectivity index (χ1v) is 7.47. The summed E-state index contributed by atoms with van der Waals surface area (Å²) in [4.78, 5) is 0. The van der Waals surface area contributed by atoms with Crippen LogP contribution in [0.1, 0.15) is 0 Å². The number of benzene rings is 1. The first kappa shape index (κ1) is 15.7. The van der Waals surface area contributed by atoms with Gasteiger partial charge in [0.15, 0.2) is 12.4 Å². The minimum Gasteiger partial charge on any atom is -0.480 e. The first-order chi connectivity index (χ1) is 10.5. The van der Waals surface area contributed by atoms with E-state index in [9.17, 15) is 15.3 Å². The number of aromatic nitrogens is 1. The summed E-state index contributed by atoms with van der Waals surface area (Å²) in [6, 6.07) is 7.41. The third kappa shape index (κ3) is 2.62. The van der Waals surface area contributed by atoms with E-state index in [2.05, 4.69) is 16.1 Å². The summed E-state index contributed by atoms with van der Waals surface area (Å²) in [5, 5.41) is 39.8. The molecule has 120 valence electrons. The summed E-state index contributed by atoms with van der Waals surface area (Å²) in [5.74, 6) is 0.425. The van der Waals surface area contributed by atoms with E-state index in [-0.39, 0.29) is 0 Å². The third-order valence-corrected chi connectivity index (χ3v) is 4.32. The Hall–Kier alpha value is -1.16. The van der Waals surface area contributed by atoms with Crippen molar-refractivity contribution >= 4 is 27.1 Å². The SMILES string of the molecule is OC[C@H]1O[C@@H](O)[C@H](Oc2cn(Br)c3ccccc23)[C@@H](O)[C@H]1O. The van der Waals surface area contributed by atoms with Gasteiger partial charge in [0.05, 0.1) is 34.5 Å². The zero-order chi connectivity index (χ0) is 15.9. The molecule has 0 amide bonds. The van der Waals surface area contributed by atoms with Crippen molar-refractivity contribution < 1.29 is 29.9 Å². The number of aliphatic hydroxyl groups excluding tert-OH is 4. The standard InChI is InChI=1S/C14H16BrNO6/c15-16-5-9(7-3-1-2-4-8(7)16)21-13-12(19)11(18)10(6-17)22-14(13)20/h1-5,10-14,17-20H,6H2/t10-,11+,12+,13-,14-/m1/s1. The van der Waals surface area contributed by atoms with E-state index in [1.807, 2.05) is 24.3 Å². The Balaban J connectivity index is 1.88. The van der Waals surface area contributed by atoms with Gasteiger partial charge >= 0.3 is 0 Å².